The summed E-state index contributed by atoms with van der Waals surface area (Å²) in [6.45, 7) is 8.77. The first-order valence-corrected chi connectivity index (χ1v) is 3.06. The van der Waals surface area contributed by atoms with Gasteiger partial charge in [0.25, 0.3) is 0 Å². The minimum absolute atomic E-state index is 1.10. The van der Waals surface area contributed by atoms with Crippen molar-refractivity contribution >= 4 is 6.72 Å². The van der Waals surface area contributed by atoms with E-state index in [0.717, 1.165) is 13.0 Å². The van der Waals surface area contributed by atoms with Crippen LogP contribution in [-0.4, -0.2) is 17.8 Å². The van der Waals surface area contributed by atoms with Crippen LogP contribution in [0.2, 0.25) is 0 Å². The highest BCUT2D eigenvalue weighted by molar-refractivity contribution is 5.17. The molecule has 0 bridgehead atoms. The molecule has 0 unspecified atom stereocenters. The Morgan fingerprint density at radius 3 is 2.50 bits per heavy atom. The van der Waals surface area contributed by atoms with E-state index in [0.29, 0.717) is 0 Å². The van der Waals surface area contributed by atoms with Crippen molar-refractivity contribution < 1.29 is 4.58 Å². The SMILES string of the molecule is C=C1CCCC[N+]1=C. The number of hydrogen-bond acceptors (Lipinski definition) is 0. The van der Waals surface area contributed by atoms with Crippen LogP contribution < -0.4 is 0 Å². The van der Waals surface area contributed by atoms with Gasteiger partial charge in [0.2, 0.25) is 0 Å². The zero-order valence-corrected chi connectivity index (χ0v) is 5.19. The molecule has 1 heterocycles. The minimum Gasteiger partial charge on any atom is -0.210 e. The highest BCUT2D eigenvalue weighted by Gasteiger charge is 2.12. The fraction of sp³-hybridized carbons (Fsp3) is 0.571. The number of nitrogens with zero attached hydrogens (tertiary/aromatic N) is 1. The monoisotopic (exact) mass is 110 g/mol. The molecular formula is C7H12N+. The van der Waals surface area contributed by atoms with Crippen LogP contribution in [0.5, 0.6) is 0 Å². The summed E-state index contributed by atoms with van der Waals surface area (Å²) in [6, 6.07) is 0. The van der Waals surface area contributed by atoms with Crippen LogP contribution in [0.3, 0.4) is 0 Å². The minimum atomic E-state index is 1.10. The van der Waals surface area contributed by atoms with Gasteiger partial charge < -0.3 is 0 Å². The lowest BCUT2D eigenvalue weighted by atomic mass is 10.1. The molecule has 0 atom stereocenters. The van der Waals surface area contributed by atoms with E-state index >= 15 is 0 Å². The lowest BCUT2D eigenvalue weighted by Gasteiger charge is -2.08. The normalized spacial score (nSPS) is 21.5. The molecule has 44 valence electrons. The number of rotatable bonds is 0. The lowest BCUT2D eigenvalue weighted by molar-refractivity contribution is -0.478. The molecule has 0 aromatic heterocycles. The second kappa shape index (κ2) is 2.12. The van der Waals surface area contributed by atoms with Crippen LogP contribution in [0.1, 0.15) is 19.3 Å². The van der Waals surface area contributed by atoms with Gasteiger partial charge in [0.05, 0.1) is 0 Å². The van der Waals surface area contributed by atoms with Crippen LogP contribution in [0.15, 0.2) is 12.3 Å². The van der Waals surface area contributed by atoms with E-state index in [4.69, 9.17) is 0 Å². The Balaban J connectivity index is 2.52. The fourth-order valence-electron chi connectivity index (χ4n) is 0.948. The molecule has 0 N–H and O–H groups in total. The summed E-state index contributed by atoms with van der Waals surface area (Å²) in [5.74, 6) is 0. The Labute approximate surface area is 50.3 Å². The molecule has 1 heteroatoms. The molecule has 0 radical (unpaired) electrons. The van der Waals surface area contributed by atoms with Crippen molar-refractivity contribution in [3.63, 3.8) is 0 Å². The molecule has 0 aromatic carbocycles. The maximum Gasteiger partial charge on any atom is 0.173 e. The maximum absolute atomic E-state index is 3.86. The van der Waals surface area contributed by atoms with E-state index in [-0.39, 0.29) is 0 Å². The van der Waals surface area contributed by atoms with Crippen LogP contribution >= 0.6 is 0 Å². The predicted octanol–water partition coefficient (Wildman–Crippen LogP) is 1.40. The Morgan fingerprint density at radius 1 is 1.38 bits per heavy atom. The Bertz CT molecular complexity index is 108. The first-order chi connectivity index (χ1) is 3.80. The van der Waals surface area contributed by atoms with Gasteiger partial charge in [-0.2, -0.15) is 0 Å². The molecular weight excluding hydrogens is 98.1 g/mol. The van der Waals surface area contributed by atoms with E-state index in [1.807, 2.05) is 4.58 Å². The van der Waals surface area contributed by atoms with Crippen molar-refractivity contribution in [3.05, 3.63) is 12.3 Å². The molecule has 1 aliphatic heterocycles. The summed E-state index contributed by atoms with van der Waals surface area (Å²) in [5, 5.41) is 0. The zero-order chi connectivity index (χ0) is 5.98. The molecule has 1 saturated heterocycles. The Morgan fingerprint density at radius 2 is 2.12 bits per heavy atom. The first kappa shape index (κ1) is 5.54. The molecule has 1 aliphatic rings. The summed E-state index contributed by atoms with van der Waals surface area (Å²) in [7, 11) is 0. The van der Waals surface area contributed by atoms with Gasteiger partial charge in [0.15, 0.2) is 5.70 Å². The highest BCUT2D eigenvalue weighted by Crippen LogP contribution is 2.12. The van der Waals surface area contributed by atoms with E-state index < -0.39 is 0 Å². The van der Waals surface area contributed by atoms with Gasteiger partial charge in [0, 0.05) is 12.8 Å². The number of allylic oxidation sites excluding steroid dienone is 1. The van der Waals surface area contributed by atoms with Crippen LogP contribution in [-0.2, 0) is 0 Å². The van der Waals surface area contributed by atoms with Gasteiger partial charge in [-0.25, -0.2) is 4.58 Å². The molecule has 0 aliphatic carbocycles. The third-order valence-electron chi connectivity index (χ3n) is 1.59. The van der Waals surface area contributed by atoms with E-state index in [2.05, 4.69) is 13.3 Å². The Hall–Kier alpha value is -0.590. The zero-order valence-electron chi connectivity index (χ0n) is 5.19. The van der Waals surface area contributed by atoms with E-state index in [9.17, 15) is 0 Å². The molecule has 1 fully saturated rings. The molecule has 8 heavy (non-hydrogen) atoms. The molecule has 0 saturated carbocycles. The average Bonchev–Trinajstić information content (AvgIpc) is 1.77. The van der Waals surface area contributed by atoms with Gasteiger partial charge in [-0.15, -0.1) is 0 Å². The van der Waals surface area contributed by atoms with Crippen molar-refractivity contribution in [1.82, 2.24) is 0 Å². The highest BCUT2D eigenvalue weighted by atomic mass is 15.0. The predicted molar refractivity (Wildman–Crippen MR) is 35.2 cm³/mol. The van der Waals surface area contributed by atoms with Gasteiger partial charge in [0.1, 0.15) is 13.3 Å². The lowest BCUT2D eigenvalue weighted by Crippen LogP contribution is -2.14. The molecule has 0 amide bonds. The summed E-state index contributed by atoms with van der Waals surface area (Å²) >= 11 is 0. The van der Waals surface area contributed by atoms with Crippen LogP contribution in [0.4, 0.5) is 0 Å². The van der Waals surface area contributed by atoms with Gasteiger partial charge in [-0.05, 0) is 13.0 Å². The molecule has 0 spiro atoms. The summed E-state index contributed by atoms with van der Waals surface area (Å²) in [6.07, 6.45) is 3.72. The Kier molecular flexibility index (Phi) is 1.47. The quantitative estimate of drug-likeness (QED) is 0.415. The second-order valence-corrected chi connectivity index (χ2v) is 2.29. The topological polar surface area (TPSA) is 3.01 Å². The van der Waals surface area contributed by atoms with E-state index in [1.165, 1.54) is 18.5 Å². The number of hydrogen-bond donors (Lipinski definition) is 0. The molecule has 1 rings (SSSR count). The van der Waals surface area contributed by atoms with Crippen molar-refractivity contribution in [2.75, 3.05) is 6.54 Å². The van der Waals surface area contributed by atoms with Crippen molar-refractivity contribution in [2.45, 2.75) is 19.3 Å². The molecule has 1 nitrogen and oxygen atoms in total. The van der Waals surface area contributed by atoms with Crippen molar-refractivity contribution in [1.29, 1.82) is 0 Å². The third-order valence-corrected chi connectivity index (χ3v) is 1.59. The number of piperidine rings is 1. The van der Waals surface area contributed by atoms with Gasteiger partial charge >= 0.3 is 0 Å². The van der Waals surface area contributed by atoms with Gasteiger partial charge in [-0.1, -0.05) is 0 Å². The van der Waals surface area contributed by atoms with Crippen LogP contribution in [0.25, 0.3) is 0 Å². The fourth-order valence-corrected chi connectivity index (χ4v) is 0.948. The first-order valence-electron chi connectivity index (χ1n) is 3.06. The summed E-state index contributed by atoms with van der Waals surface area (Å²) < 4.78 is 1.99. The van der Waals surface area contributed by atoms with Crippen molar-refractivity contribution in [3.8, 4) is 0 Å². The molecule has 0 aromatic rings. The standard InChI is InChI=1S/C7H12N/c1-7-5-3-4-6-8(7)2/h1-6H2/q+1. The third kappa shape index (κ3) is 0.971. The largest absolute Gasteiger partial charge is 0.210 e. The van der Waals surface area contributed by atoms with Crippen LogP contribution in [0, 0.1) is 0 Å². The van der Waals surface area contributed by atoms with Crippen molar-refractivity contribution in [2.24, 2.45) is 0 Å². The summed E-state index contributed by atoms with van der Waals surface area (Å²) in [5.41, 5.74) is 1.19. The average molecular weight is 110 g/mol. The van der Waals surface area contributed by atoms with Gasteiger partial charge in [-0.3, -0.25) is 0 Å². The van der Waals surface area contributed by atoms with E-state index in [1.54, 1.807) is 0 Å². The second-order valence-electron chi connectivity index (χ2n) is 2.29. The summed E-state index contributed by atoms with van der Waals surface area (Å²) in [4.78, 5) is 0. The maximum atomic E-state index is 3.86. The smallest absolute Gasteiger partial charge is 0.173 e.